The van der Waals surface area contributed by atoms with Gasteiger partial charge in [0.1, 0.15) is 5.82 Å². The minimum atomic E-state index is -0.214. The highest BCUT2D eigenvalue weighted by molar-refractivity contribution is 5.85. The number of ether oxygens (including phenoxy) is 2. The van der Waals surface area contributed by atoms with Crippen LogP contribution in [-0.4, -0.2) is 38.3 Å². The van der Waals surface area contributed by atoms with Crippen molar-refractivity contribution in [3.8, 4) is 11.5 Å². The maximum atomic E-state index is 13.0. The summed E-state index contributed by atoms with van der Waals surface area (Å²) in [5, 5.41) is 0. The zero-order chi connectivity index (χ0) is 19.5. The summed E-state index contributed by atoms with van der Waals surface area (Å²) in [6.45, 7) is 8.33. The highest BCUT2D eigenvalue weighted by atomic mass is 35.5. The van der Waals surface area contributed by atoms with Crippen molar-refractivity contribution in [1.82, 2.24) is 4.90 Å². The van der Waals surface area contributed by atoms with Gasteiger partial charge in [-0.1, -0.05) is 32.0 Å². The van der Waals surface area contributed by atoms with Gasteiger partial charge in [0, 0.05) is 13.0 Å². The second-order valence-corrected chi connectivity index (χ2v) is 6.80. The SMILES string of the molecule is CCCN(CCC)CCc1ccc(OC)c(OCCc2ccc(F)cc2)c1.Cl. The molecule has 3 nitrogen and oxygen atoms in total. The van der Waals surface area contributed by atoms with Gasteiger partial charge in [0.25, 0.3) is 0 Å². The van der Waals surface area contributed by atoms with Crippen molar-refractivity contribution in [2.45, 2.75) is 39.5 Å². The van der Waals surface area contributed by atoms with Crippen LogP contribution in [0.1, 0.15) is 37.8 Å². The molecule has 0 aromatic heterocycles. The van der Waals surface area contributed by atoms with Crippen LogP contribution >= 0.6 is 12.4 Å². The molecule has 0 unspecified atom stereocenters. The Hall–Kier alpha value is -1.78. The van der Waals surface area contributed by atoms with Crippen LogP contribution in [0, 0.1) is 5.82 Å². The Balaban J connectivity index is 0.00000392. The summed E-state index contributed by atoms with van der Waals surface area (Å²) in [7, 11) is 1.66. The highest BCUT2D eigenvalue weighted by Gasteiger charge is 2.08. The topological polar surface area (TPSA) is 21.7 Å². The first-order valence-corrected chi connectivity index (χ1v) is 9.92. The zero-order valence-electron chi connectivity index (χ0n) is 17.2. The van der Waals surface area contributed by atoms with E-state index in [1.54, 1.807) is 19.2 Å². The minimum absolute atomic E-state index is 0. The quantitative estimate of drug-likeness (QED) is 0.459. The van der Waals surface area contributed by atoms with Crippen molar-refractivity contribution in [2.75, 3.05) is 33.4 Å². The van der Waals surface area contributed by atoms with Gasteiger partial charge in [-0.2, -0.15) is 0 Å². The molecule has 0 aliphatic rings. The van der Waals surface area contributed by atoms with Crippen molar-refractivity contribution < 1.29 is 13.9 Å². The Morgan fingerprint density at radius 3 is 2.07 bits per heavy atom. The van der Waals surface area contributed by atoms with Gasteiger partial charge in [-0.3, -0.25) is 0 Å². The lowest BCUT2D eigenvalue weighted by molar-refractivity contribution is 0.277. The van der Waals surface area contributed by atoms with Crippen LogP contribution in [-0.2, 0) is 12.8 Å². The van der Waals surface area contributed by atoms with Crippen LogP contribution in [0.15, 0.2) is 42.5 Å². The lowest BCUT2D eigenvalue weighted by Crippen LogP contribution is -2.27. The number of rotatable bonds is 12. The summed E-state index contributed by atoms with van der Waals surface area (Å²) in [5.74, 6) is 1.31. The van der Waals surface area contributed by atoms with Crippen molar-refractivity contribution >= 4 is 12.4 Å². The van der Waals surface area contributed by atoms with E-state index < -0.39 is 0 Å². The van der Waals surface area contributed by atoms with E-state index in [2.05, 4.69) is 30.9 Å². The molecule has 2 aromatic carbocycles. The molecule has 0 radical (unpaired) electrons. The van der Waals surface area contributed by atoms with Crippen LogP contribution in [0.5, 0.6) is 11.5 Å². The van der Waals surface area contributed by atoms with Crippen LogP contribution in [0.3, 0.4) is 0 Å². The molecule has 0 heterocycles. The molecule has 5 heteroatoms. The third kappa shape index (κ3) is 8.07. The monoisotopic (exact) mass is 409 g/mol. The van der Waals surface area contributed by atoms with Gasteiger partial charge >= 0.3 is 0 Å². The second-order valence-electron chi connectivity index (χ2n) is 6.80. The molecule has 2 aromatic rings. The first kappa shape index (κ1) is 24.3. The molecule has 0 spiro atoms. The van der Waals surface area contributed by atoms with Crippen LogP contribution < -0.4 is 9.47 Å². The fourth-order valence-electron chi connectivity index (χ4n) is 3.17. The molecule has 0 aliphatic heterocycles. The van der Waals surface area contributed by atoms with E-state index in [0.717, 1.165) is 49.5 Å². The summed E-state index contributed by atoms with van der Waals surface area (Å²) >= 11 is 0. The largest absolute Gasteiger partial charge is 0.493 e. The first-order chi connectivity index (χ1) is 13.2. The van der Waals surface area contributed by atoms with Gasteiger partial charge in [-0.15, -0.1) is 12.4 Å². The van der Waals surface area contributed by atoms with Crippen molar-refractivity contribution in [3.05, 3.63) is 59.4 Å². The number of nitrogens with zero attached hydrogens (tertiary/aromatic N) is 1. The van der Waals surface area contributed by atoms with E-state index in [0.29, 0.717) is 6.61 Å². The fraction of sp³-hybridized carbons (Fsp3) is 0.478. The summed E-state index contributed by atoms with van der Waals surface area (Å²) < 4.78 is 24.4. The van der Waals surface area contributed by atoms with Gasteiger partial charge in [0.2, 0.25) is 0 Å². The lowest BCUT2D eigenvalue weighted by Gasteiger charge is -2.21. The molecule has 0 N–H and O–H groups in total. The number of benzene rings is 2. The Bertz CT molecular complexity index is 673. The second kappa shape index (κ2) is 13.4. The van der Waals surface area contributed by atoms with Gasteiger partial charge < -0.3 is 14.4 Å². The Labute approximate surface area is 175 Å². The fourth-order valence-corrected chi connectivity index (χ4v) is 3.17. The molecule has 0 bridgehead atoms. The molecule has 28 heavy (non-hydrogen) atoms. The molecule has 0 atom stereocenters. The third-order valence-electron chi connectivity index (χ3n) is 4.59. The van der Waals surface area contributed by atoms with Crippen molar-refractivity contribution in [2.24, 2.45) is 0 Å². The van der Waals surface area contributed by atoms with Gasteiger partial charge in [0.05, 0.1) is 13.7 Å². The van der Waals surface area contributed by atoms with Gasteiger partial charge in [-0.25, -0.2) is 4.39 Å². The smallest absolute Gasteiger partial charge is 0.161 e. The van der Waals surface area contributed by atoms with E-state index >= 15 is 0 Å². The molecule has 2 rings (SSSR count). The van der Waals surface area contributed by atoms with Crippen LogP contribution in [0.2, 0.25) is 0 Å². The third-order valence-corrected chi connectivity index (χ3v) is 4.59. The van der Waals surface area contributed by atoms with Crippen LogP contribution in [0.4, 0.5) is 4.39 Å². The minimum Gasteiger partial charge on any atom is -0.493 e. The zero-order valence-corrected chi connectivity index (χ0v) is 18.1. The number of halogens is 2. The van der Waals surface area contributed by atoms with Crippen molar-refractivity contribution in [1.29, 1.82) is 0 Å². The summed E-state index contributed by atoms with van der Waals surface area (Å²) in [6, 6.07) is 12.7. The average Bonchev–Trinajstić information content (AvgIpc) is 2.68. The van der Waals surface area contributed by atoms with E-state index in [-0.39, 0.29) is 18.2 Å². The molecular formula is C23H33ClFNO2. The average molecular weight is 410 g/mol. The van der Waals surface area contributed by atoms with Crippen LogP contribution in [0.25, 0.3) is 0 Å². The van der Waals surface area contributed by atoms with Gasteiger partial charge in [-0.05, 0) is 67.7 Å². The normalized spacial score (nSPS) is 10.6. The molecule has 156 valence electrons. The van der Waals surface area contributed by atoms with Gasteiger partial charge in [0.15, 0.2) is 11.5 Å². The molecular weight excluding hydrogens is 377 g/mol. The Morgan fingerprint density at radius 1 is 0.821 bits per heavy atom. The summed E-state index contributed by atoms with van der Waals surface area (Å²) in [5.41, 5.74) is 2.31. The first-order valence-electron chi connectivity index (χ1n) is 9.92. The highest BCUT2D eigenvalue weighted by Crippen LogP contribution is 2.28. The van der Waals surface area contributed by atoms with E-state index in [1.807, 2.05) is 6.07 Å². The summed E-state index contributed by atoms with van der Waals surface area (Å²) in [4.78, 5) is 2.51. The molecule has 0 saturated carbocycles. The molecule has 0 amide bonds. The lowest BCUT2D eigenvalue weighted by atomic mass is 10.1. The number of methoxy groups -OCH3 is 1. The molecule has 0 saturated heterocycles. The van der Waals surface area contributed by atoms with E-state index in [9.17, 15) is 4.39 Å². The number of hydrogen-bond donors (Lipinski definition) is 0. The molecule has 0 fully saturated rings. The predicted molar refractivity (Wildman–Crippen MR) is 117 cm³/mol. The van der Waals surface area contributed by atoms with Crippen molar-refractivity contribution in [3.63, 3.8) is 0 Å². The standard InChI is InChI=1S/C23H32FNO2.ClH/c1-4-14-25(15-5-2)16-12-20-8-11-22(26-3)23(18-20)27-17-13-19-6-9-21(24)10-7-19;/h6-11,18H,4-5,12-17H2,1-3H3;1H. The Morgan fingerprint density at radius 2 is 1.46 bits per heavy atom. The number of hydrogen-bond acceptors (Lipinski definition) is 3. The van der Waals surface area contributed by atoms with E-state index in [1.165, 1.54) is 30.5 Å². The molecule has 0 aliphatic carbocycles. The summed E-state index contributed by atoms with van der Waals surface area (Å²) in [6.07, 6.45) is 4.09. The Kier molecular flexibility index (Phi) is 11.6. The van der Waals surface area contributed by atoms with E-state index in [4.69, 9.17) is 9.47 Å². The maximum absolute atomic E-state index is 13.0. The predicted octanol–water partition coefficient (Wildman–Crippen LogP) is 5.54. The maximum Gasteiger partial charge on any atom is 0.161 e.